The molecule has 1 heterocycles. The first-order valence-electron chi connectivity index (χ1n) is 9.49. The monoisotopic (exact) mass is 370 g/mol. The Kier molecular flexibility index (Phi) is 4.70. The highest BCUT2D eigenvalue weighted by atomic mass is 16.2. The molecule has 0 spiro atoms. The van der Waals surface area contributed by atoms with Crippen LogP contribution in [0.5, 0.6) is 0 Å². The molecule has 1 aliphatic heterocycles. The molecule has 0 bridgehead atoms. The van der Waals surface area contributed by atoms with Crippen molar-refractivity contribution in [2.45, 2.75) is 13.3 Å². The van der Waals surface area contributed by atoms with Gasteiger partial charge in [0.25, 0.3) is 5.91 Å². The van der Waals surface area contributed by atoms with E-state index in [0.717, 1.165) is 22.0 Å². The maximum atomic E-state index is 12.9. The van der Waals surface area contributed by atoms with Crippen molar-refractivity contribution in [2.24, 2.45) is 0 Å². The lowest BCUT2D eigenvalue weighted by Gasteiger charge is -2.23. The molecule has 0 radical (unpaired) electrons. The van der Waals surface area contributed by atoms with Gasteiger partial charge in [0.1, 0.15) is 0 Å². The van der Waals surface area contributed by atoms with Crippen molar-refractivity contribution in [1.29, 1.82) is 0 Å². The minimum absolute atomic E-state index is 0.00524. The average Bonchev–Trinajstić information content (AvgIpc) is 2.97. The van der Waals surface area contributed by atoms with Crippen molar-refractivity contribution in [3.8, 4) is 0 Å². The lowest BCUT2D eigenvalue weighted by molar-refractivity contribution is -0.118. The number of rotatable bonds is 5. The molecule has 4 rings (SSSR count). The van der Waals surface area contributed by atoms with Crippen LogP contribution >= 0.6 is 0 Å². The third-order valence-corrected chi connectivity index (χ3v) is 5.25. The molecule has 0 N–H and O–H groups in total. The second-order valence-electron chi connectivity index (χ2n) is 6.87. The zero-order valence-electron chi connectivity index (χ0n) is 15.9. The van der Waals surface area contributed by atoms with E-state index < -0.39 is 0 Å². The first kappa shape index (κ1) is 18.0. The lowest BCUT2D eigenvalue weighted by Crippen LogP contribution is -2.34. The van der Waals surface area contributed by atoms with Crippen molar-refractivity contribution in [3.63, 3.8) is 0 Å². The van der Waals surface area contributed by atoms with E-state index >= 15 is 0 Å². The van der Waals surface area contributed by atoms with Crippen LogP contribution in [0.15, 0.2) is 73.3 Å². The van der Waals surface area contributed by atoms with Crippen molar-refractivity contribution in [3.05, 3.63) is 84.4 Å². The number of carbonyl (C=O) groups excluding carboxylic acids is 2. The summed E-state index contributed by atoms with van der Waals surface area (Å²) >= 11 is 0. The fraction of sp³-hybridized carbons (Fsp3) is 0.167. The molecule has 4 heteroatoms. The third kappa shape index (κ3) is 3.07. The van der Waals surface area contributed by atoms with Gasteiger partial charge in [-0.15, -0.1) is 0 Å². The first-order valence-corrected chi connectivity index (χ1v) is 9.49. The van der Waals surface area contributed by atoms with Gasteiger partial charge in [0.2, 0.25) is 5.91 Å². The van der Waals surface area contributed by atoms with Gasteiger partial charge < -0.3 is 9.80 Å². The smallest absolute Gasteiger partial charge is 0.258 e. The molecule has 0 aromatic heterocycles. The second-order valence-corrected chi connectivity index (χ2v) is 6.87. The van der Waals surface area contributed by atoms with Gasteiger partial charge >= 0.3 is 0 Å². The minimum Gasteiger partial charge on any atom is -0.313 e. The van der Waals surface area contributed by atoms with E-state index in [0.29, 0.717) is 24.4 Å². The molecule has 3 aromatic rings. The van der Waals surface area contributed by atoms with Crippen LogP contribution in [0.4, 0.5) is 5.69 Å². The Labute approximate surface area is 164 Å². The highest BCUT2D eigenvalue weighted by Crippen LogP contribution is 2.31. The van der Waals surface area contributed by atoms with Crippen molar-refractivity contribution < 1.29 is 9.59 Å². The van der Waals surface area contributed by atoms with E-state index in [9.17, 15) is 9.59 Å². The molecule has 0 fully saturated rings. The van der Waals surface area contributed by atoms with Gasteiger partial charge in [-0.3, -0.25) is 9.59 Å². The number of nitrogens with zero attached hydrogens (tertiary/aromatic N) is 2. The predicted octanol–water partition coefficient (Wildman–Crippen LogP) is 4.71. The summed E-state index contributed by atoms with van der Waals surface area (Å²) in [6.07, 6.45) is 0.249. The zero-order chi connectivity index (χ0) is 19.7. The van der Waals surface area contributed by atoms with Gasteiger partial charge in [0.15, 0.2) is 0 Å². The Morgan fingerprint density at radius 3 is 2.36 bits per heavy atom. The average molecular weight is 370 g/mol. The lowest BCUT2D eigenvalue weighted by atomic mass is 10.1. The maximum Gasteiger partial charge on any atom is 0.258 e. The summed E-state index contributed by atoms with van der Waals surface area (Å²) in [7, 11) is 0. The van der Waals surface area contributed by atoms with Gasteiger partial charge in [-0.05, 0) is 35.9 Å². The fourth-order valence-electron chi connectivity index (χ4n) is 3.76. The fourth-order valence-corrected chi connectivity index (χ4v) is 3.76. The molecule has 0 saturated carbocycles. The molecule has 0 unspecified atom stereocenters. The van der Waals surface area contributed by atoms with Crippen LogP contribution < -0.4 is 4.90 Å². The summed E-state index contributed by atoms with van der Waals surface area (Å²) in [4.78, 5) is 28.9. The molecule has 0 atom stereocenters. The molecule has 1 aliphatic rings. The quantitative estimate of drug-likeness (QED) is 0.653. The number of anilines is 1. The Morgan fingerprint density at radius 1 is 0.964 bits per heavy atom. The van der Waals surface area contributed by atoms with Gasteiger partial charge in [0, 0.05) is 42.0 Å². The Morgan fingerprint density at radius 2 is 1.64 bits per heavy atom. The largest absolute Gasteiger partial charge is 0.313 e. The van der Waals surface area contributed by atoms with Crippen LogP contribution in [0.25, 0.3) is 16.5 Å². The summed E-state index contributed by atoms with van der Waals surface area (Å²) in [6, 6.07) is 21.6. The molecule has 28 heavy (non-hydrogen) atoms. The van der Waals surface area contributed by atoms with E-state index in [1.165, 1.54) is 0 Å². The number of amides is 2. The number of benzene rings is 3. The SMILES string of the molecule is C=C1c2ccccc2C(=O)N1CCC(=O)N(CC)c1ccc2ccccc2c1. The summed E-state index contributed by atoms with van der Waals surface area (Å²) in [5, 5.41) is 2.25. The van der Waals surface area contributed by atoms with Gasteiger partial charge in [-0.25, -0.2) is 0 Å². The normalized spacial score (nSPS) is 13.1. The second kappa shape index (κ2) is 7.31. The standard InChI is InChI=1S/C24H22N2O2/c1-3-25(20-13-12-18-8-4-5-9-19(18)16-20)23(27)14-15-26-17(2)21-10-6-7-11-22(21)24(26)28/h4-13,16H,2-3,14-15H2,1H3. The van der Waals surface area contributed by atoms with E-state index in [1.54, 1.807) is 15.9 Å². The number of hydrogen-bond acceptors (Lipinski definition) is 2. The van der Waals surface area contributed by atoms with Crippen LogP contribution in [0.1, 0.15) is 29.3 Å². The van der Waals surface area contributed by atoms with E-state index in [-0.39, 0.29) is 18.2 Å². The van der Waals surface area contributed by atoms with Crippen LogP contribution in [-0.2, 0) is 4.79 Å². The predicted molar refractivity (Wildman–Crippen MR) is 113 cm³/mol. The molecule has 4 nitrogen and oxygen atoms in total. The summed E-state index contributed by atoms with van der Waals surface area (Å²) in [5.74, 6) is -0.0866. The number of carbonyl (C=O) groups is 2. The third-order valence-electron chi connectivity index (χ3n) is 5.25. The molecule has 0 aliphatic carbocycles. The van der Waals surface area contributed by atoms with Crippen molar-refractivity contribution in [2.75, 3.05) is 18.0 Å². The van der Waals surface area contributed by atoms with Crippen molar-refractivity contribution >= 4 is 34.0 Å². The number of hydrogen-bond donors (Lipinski definition) is 0. The van der Waals surface area contributed by atoms with Crippen LogP contribution in [0.2, 0.25) is 0 Å². The van der Waals surface area contributed by atoms with Gasteiger partial charge in [0.05, 0.1) is 0 Å². The highest BCUT2D eigenvalue weighted by molar-refractivity contribution is 6.09. The molecule has 2 amide bonds. The maximum absolute atomic E-state index is 12.9. The van der Waals surface area contributed by atoms with E-state index in [4.69, 9.17) is 0 Å². The first-order chi connectivity index (χ1) is 13.6. The number of fused-ring (bicyclic) bond motifs is 2. The van der Waals surface area contributed by atoms with Crippen LogP contribution in [-0.4, -0.2) is 29.8 Å². The van der Waals surface area contributed by atoms with E-state index in [1.807, 2.05) is 61.5 Å². The Hall–Kier alpha value is -3.40. The molecular formula is C24H22N2O2. The van der Waals surface area contributed by atoms with Crippen molar-refractivity contribution in [1.82, 2.24) is 4.90 Å². The van der Waals surface area contributed by atoms with Gasteiger partial charge in [-0.1, -0.05) is 55.1 Å². The molecule has 0 saturated heterocycles. The molecule has 3 aromatic carbocycles. The summed E-state index contributed by atoms with van der Waals surface area (Å²) < 4.78 is 0. The van der Waals surface area contributed by atoms with E-state index in [2.05, 4.69) is 12.6 Å². The molecule has 140 valence electrons. The summed E-state index contributed by atoms with van der Waals surface area (Å²) in [6.45, 7) is 6.91. The summed E-state index contributed by atoms with van der Waals surface area (Å²) in [5.41, 5.74) is 3.05. The highest BCUT2D eigenvalue weighted by Gasteiger charge is 2.31. The van der Waals surface area contributed by atoms with Crippen LogP contribution in [0.3, 0.4) is 0 Å². The zero-order valence-corrected chi connectivity index (χ0v) is 15.9. The minimum atomic E-state index is -0.0813. The Balaban J connectivity index is 1.49. The molecular weight excluding hydrogens is 348 g/mol. The van der Waals surface area contributed by atoms with Gasteiger partial charge in [-0.2, -0.15) is 0 Å². The van der Waals surface area contributed by atoms with Crippen LogP contribution in [0, 0.1) is 0 Å². The Bertz CT molecular complexity index is 1050. The topological polar surface area (TPSA) is 40.6 Å².